The Kier molecular flexibility index (Phi) is 3.11. The molecule has 3 nitrogen and oxygen atoms in total. The third-order valence-corrected chi connectivity index (χ3v) is 1.94. The summed E-state index contributed by atoms with van der Waals surface area (Å²) in [6.45, 7) is 4.05. The Balaban J connectivity index is 2.96. The topological polar surface area (TPSA) is 42.2 Å². The molecule has 0 spiro atoms. The van der Waals surface area contributed by atoms with Gasteiger partial charge in [-0.1, -0.05) is 6.07 Å². The second-order valence-corrected chi connectivity index (χ2v) is 4.55. The van der Waals surface area contributed by atoms with Crippen molar-refractivity contribution >= 4 is 5.82 Å². The van der Waals surface area contributed by atoms with Gasteiger partial charge in [0.05, 0.1) is 0 Å². The third kappa shape index (κ3) is 3.00. The molecule has 2 N–H and O–H groups in total. The van der Waals surface area contributed by atoms with Crippen LogP contribution < -0.4 is 10.6 Å². The van der Waals surface area contributed by atoms with E-state index in [2.05, 4.69) is 11.1 Å². The van der Waals surface area contributed by atoms with Crippen LogP contribution in [0.1, 0.15) is 19.4 Å². The molecular formula is C11H19N3. The number of aromatic nitrogens is 1. The number of nitrogens with zero attached hydrogens (tertiary/aromatic N) is 2. The fourth-order valence-corrected chi connectivity index (χ4v) is 1.46. The second kappa shape index (κ2) is 3.96. The van der Waals surface area contributed by atoms with Gasteiger partial charge in [-0.05, 0) is 31.9 Å². The van der Waals surface area contributed by atoms with Crippen LogP contribution in [0.2, 0.25) is 0 Å². The minimum atomic E-state index is -0.187. The average molecular weight is 193 g/mol. The van der Waals surface area contributed by atoms with Crippen molar-refractivity contribution in [3.05, 3.63) is 23.9 Å². The summed E-state index contributed by atoms with van der Waals surface area (Å²) in [4.78, 5) is 6.35. The lowest BCUT2D eigenvalue weighted by atomic mass is 9.96. The van der Waals surface area contributed by atoms with Crippen molar-refractivity contribution in [2.75, 3.05) is 19.0 Å². The summed E-state index contributed by atoms with van der Waals surface area (Å²) in [5.74, 6) is 1.01. The Labute approximate surface area is 85.9 Å². The Bertz CT molecular complexity index is 300. The molecule has 3 heteroatoms. The van der Waals surface area contributed by atoms with Crippen molar-refractivity contribution in [3.63, 3.8) is 0 Å². The quantitative estimate of drug-likeness (QED) is 0.789. The zero-order valence-electron chi connectivity index (χ0n) is 9.41. The molecule has 0 fully saturated rings. The van der Waals surface area contributed by atoms with Crippen molar-refractivity contribution in [3.8, 4) is 0 Å². The summed E-state index contributed by atoms with van der Waals surface area (Å²) >= 11 is 0. The van der Waals surface area contributed by atoms with Gasteiger partial charge in [-0.15, -0.1) is 0 Å². The molecule has 14 heavy (non-hydrogen) atoms. The van der Waals surface area contributed by atoms with Crippen LogP contribution >= 0.6 is 0 Å². The molecule has 0 aliphatic heterocycles. The lowest BCUT2D eigenvalue weighted by Gasteiger charge is -2.22. The van der Waals surface area contributed by atoms with E-state index in [1.54, 1.807) is 0 Å². The maximum Gasteiger partial charge on any atom is 0.131 e. The molecule has 1 heterocycles. The van der Waals surface area contributed by atoms with E-state index in [-0.39, 0.29) is 5.54 Å². The van der Waals surface area contributed by atoms with Crippen LogP contribution in [-0.2, 0) is 6.42 Å². The Hall–Kier alpha value is -1.09. The highest BCUT2D eigenvalue weighted by atomic mass is 15.1. The van der Waals surface area contributed by atoms with Crippen LogP contribution in [0.15, 0.2) is 18.3 Å². The van der Waals surface area contributed by atoms with Gasteiger partial charge >= 0.3 is 0 Å². The number of hydrogen-bond acceptors (Lipinski definition) is 3. The van der Waals surface area contributed by atoms with E-state index in [1.165, 1.54) is 5.56 Å². The van der Waals surface area contributed by atoms with Crippen LogP contribution in [0.5, 0.6) is 0 Å². The van der Waals surface area contributed by atoms with Gasteiger partial charge in [0, 0.05) is 25.8 Å². The van der Waals surface area contributed by atoms with Crippen molar-refractivity contribution < 1.29 is 0 Å². The molecule has 0 aliphatic rings. The molecule has 1 rings (SSSR count). The number of pyridine rings is 1. The highest BCUT2D eigenvalue weighted by molar-refractivity contribution is 5.45. The predicted octanol–water partition coefficient (Wildman–Crippen LogP) is 1.43. The Morgan fingerprint density at radius 2 is 2.07 bits per heavy atom. The largest absolute Gasteiger partial charge is 0.363 e. The fraction of sp³-hybridized carbons (Fsp3) is 0.545. The SMILES string of the molecule is CN(C)c1ncccc1CC(C)(C)N. The summed E-state index contributed by atoms with van der Waals surface area (Å²) < 4.78 is 0. The number of anilines is 1. The molecule has 0 saturated carbocycles. The Morgan fingerprint density at radius 1 is 1.43 bits per heavy atom. The summed E-state index contributed by atoms with van der Waals surface area (Å²) in [7, 11) is 3.99. The normalized spacial score (nSPS) is 11.5. The molecule has 0 aromatic carbocycles. The number of nitrogens with two attached hydrogens (primary N) is 1. The minimum Gasteiger partial charge on any atom is -0.363 e. The molecule has 0 radical (unpaired) electrons. The lowest BCUT2D eigenvalue weighted by molar-refractivity contribution is 0.516. The van der Waals surface area contributed by atoms with Crippen molar-refractivity contribution in [2.45, 2.75) is 25.8 Å². The van der Waals surface area contributed by atoms with Gasteiger partial charge < -0.3 is 10.6 Å². The highest BCUT2D eigenvalue weighted by Crippen LogP contribution is 2.18. The third-order valence-electron chi connectivity index (χ3n) is 1.94. The first kappa shape index (κ1) is 11.0. The molecule has 0 atom stereocenters. The van der Waals surface area contributed by atoms with Gasteiger partial charge in [-0.2, -0.15) is 0 Å². The number of rotatable bonds is 3. The minimum absolute atomic E-state index is 0.187. The Morgan fingerprint density at radius 3 is 2.57 bits per heavy atom. The molecule has 1 aromatic heterocycles. The molecule has 0 saturated heterocycles. The number of hydrogen-bond donors (Lipinski definition) is 1. The molecule has 0 amide bonds. The molecular weight excluding hydrogens is 174 g/mol. The molecule has 0 bridgehead atoms. The summed E-state index contributed by atoms with van der Waals surface area (Å²) in [5, 5.41) is 0. The van der Waals surface area contributed by atoms with Crippen LogP contribution in [0.25, 0.3) is 0 Å². The van der Waals surface area contributed by atoms with Crippen LogP contribution in [0.3, 0.4) is 0 Å². The lowest BCUT2D eigenvalue weighted by Crippen LogP contribution is -2.35. The highest BCUT2D eigenvalue weighted by Gasteiger charge is 2.15. The van der Waals surface area contributed by atoms with Crippen LogP contribution in [0, 0.1) is 0 Å². The smallest absolute Gasteiger partial charge is 0.131 e. The second-order valence-electron chi connectivity index (χ2n) is 4.55. The maximum absolute atomic E-state index is 5.99. The van der Waals surface area contributed by atoms with Crippen LogP contribution in [-0.4, -0.2) is 24.6 Å². The first-order valence-corrected chi connectivity index (χ1v) is 4.80. The van der Waals surface area contributed by atoms with E-state index in [9.17, 15) is 0 Å². The summed E-state index contributed by atoms with van der Waals surface area (Å²) in [6, 6.07) is 4.03. The predicted molar refractivity (Wildman–Crippen MR) is 60.5 cm³/mol. The van der Waals surface area contributed by atoms with E-state index in [0.717, 1.165) is 12.2 Å². The van der Waals surface area contributed by atoms with Gasteiger partial charge in [0.1, 0.15) is 5.82 Å². The average Bonchev–Trinajstić information content (AvgIpc) is 2.01. The van der Waals surface area contributed by atoms with Gasteiger partial charge in [-0.25, -0.2) is 4.98 Å². The van der Waals surface area contributed by atoms with E-state index in [4.69, 9.17) is 5.73 Å². The van der Waals surface area contributed by atoms with Gasteiger partial charge in [0.25, 0.3) is 0 Å². The zero-order chi connectivity index (χ0) is 10.8. The monoisotopic (exact) mass is 193 g/mol. The fourth-order valence-electron chi connectivity index (χ4n) is 1.46. The molecule has 78 valence electrons. The van der Waals surface area contributed by atoms with Crippen LogP contribution in [0.4, 0.5) is 5.82 Å². The zero-order valence-corrected chi connectivity index (χ0v) is 9.41. The van der Waals surface area contributed by atoms with E-state index >= 15 is 0 Å². The molecule has 0 aliphatic carbocycles. The standard InChI is InChI=1S/C11H19N3/c1-11(2,12)8-9-6-5-7-13-10(9)14(3)4/h5-7H,8,12H2,1-4H3. The van der Waals surface area contributed by atoms with Gasteiger partial charge in [0.15, 0.2) is 0 Å². The van der Waals surface area contributed by atoms with Crippen molar-refractivity contribution in [1.82, 2.24) is 4.98 Å². The van der Waals surface area contributed by atoms with E-state index in [1.807, 2.05) is 45.1 Å². The van der Waals surface area contributed by atoms with Gasteiger partial charge in [-0.3, -0.25) is 0 Å². The van der Waals surface area contributed by atoms with Crippen molar-refractivity contribution in [2.24, 2.45) is 5.73 Å². The molecule has 1 aromatic rings. The van der Waals surface area contributed by atoms with Crippen molar-refractivity contribution in [1.29, 1.82) is 0 Å². The summed E-state index contributed by atoms with van der Waals surface area (Å²) in [6.07, 6.45) is 2.65. The first-order valence-electron chi connectivity index (χ1n) is 4.80. The maximum atomic E-state index is 5.99. The van der Waals surface area contributed by atoms with E-state index < -0.39 is 0 Å². The first-order chi connectivity index (χ1) is 6.40. The van der Waals surface area contributed by atoms with E-state index in [0.29, 0.717) is 0 Å². The summed E-state index contributed by atoms with van der Waals surface area (Å²) in [5.41, 5.74) is 7.00. The van der Waals surface area contributed by atoms with Gasteiger partial charge in [0.2, 0.25) is 0 Å². The molecule has 0 unspecified atom stereocenters.